The third kappa shape index (κ3) is 3.83. The molecule has 0 aliphatic carbocycles. The van der Waals surface area contributed by atoms with Crippen LogP contribution in [0.15, 0.2) is 24.3 Å². The zero-order chi connectivity index (χ0) is 13.8. The van der Waals surface area contributed by atoms with Gasteiger partial charge in [0.1, 0.15) is 5.56 Å². The lowest BCUT2D eigenvalue weighted by atomic mass is 10.1. The normalized spacial score (nSPS) is 12.0. The van der Waals surface area contributed by atoms with Crippen molar-refractivity contribution in [3.8, 4) is 0 Å². The van der Waals surface area contributed by atoms with Gasteiger partial charge in [0.2, 0.25) is 0 Å². The number of alkyl halides is 4. The number of allylic oxidation sites excluding steroid dienone is 1. The van der Waals surface area contributed by atoms with Crippen molar-refractivity contribution in [1.29, 1.82) is 0 Å². The topological polar surface area (TPSA) is 43.1 Å². The van der Waals surface area contributed by atoms with Crippen molar-refractivity contribution in [2.24, 2.45) is 0 Å². The van der Waals surface area contributed by atoms with E-state index in [9.17, 15) is 23.3 Å². The lowest BCUT2D eigenvalue weighted by Crippen LogP contribution is -2.08. The fourth-order valence-electron chi connectivity index (χ4n) is 1.33. The van der Waals surface area contributed by atoms with E-state index < -0.39 is 22.4 Å². The molecule has 0 aliphatic rings. The largest absolute Gasteiger partial charge is 0.422 e. The number of hydrogen-bond acceptors (Lipinski definition) is 2. The molecular formula is C11H9BrF3NO2. The van der Waals surface area contributed by atoms with E-state index in [0.29, 0.717) is 17.3 Å². The second-order valence-electron chi connectivity index (χ2n) is 3.41. The van der Waals surface area contributed by atoms with E-state index in [0.717, 1.165) is 12.1 Å². The van der Waals surface area contributed by atoms with Crippen LogP contribution in [0, 0.1) is 10.1 Å². The van der Waals surface area contributed by atoms with Gasteiger partial charge in [-0.1, -0.05) is 34.1 Å². The second kappa shape index (κ2) is 5.99. The van der Waals surface area contributed by atoms with Crippen LogP contribution in [-0.2, 0) is 6.18 Å². The molecule has 0 fully saturated rings. The maximum Gasteiger partial charge on any atom is 0.422 e. The zero-order valence-electron chi connectivity index (χ0n) is 9.08. The summed E-state index contributed by atoms with van der Waals surface area (Å²) in [6, 6.07) is 2.86. The molecule has 0 bridgehead atoms. The molecule has 0 aliphatic heterocycles. The van der Waals surface area contributed by atoms with E-state index in [2.05, 4.69) is 15.9 Å². The average Bonchev–Trinajstić information content (AvgIpc) is 2.27. The summed E-state index contributed by atoms with van der Waals surface area (Å²) in [6.45, 7) is 0. The minimum atomic E-state index is -4.72. The smallest absolute Gasteiger partial charge is 0.258 e. The Kier molecular flexibility index (Phi) is 4.89. The van der Waals surface area contributed by atoms with Gasteiger partial charge in [0.05, 0.1) is 4.92 Å². The van der Waals surface area contributed by atoms with Gasteiger partial charge in [-0.25, -0.2) is 0 Å². The van der Waals surface area contributed by atoms with Gasteiger partial charge < -0.3 is 0 Å². The molecule has 3 nitrogen and oxygen atoms in total. The molecule has 1 aromatic rings. The molecule has 0 radical (unpaired) electrons. The van der Waals surface area contributed by atoms with Gasteiger partial charge in [-0.2, -0.15) is 13.2 Å². The van der Waals surface area contributed by atoms with Crippen LogP contribution < -0.4 is 0 Å². The van der Waals surface area contributed by atoms with E-state index in [1.807, 2.05) is 0 Å². The summed E-state index contributed by atoms with van der Waals surface area (Å²) in [6.07, 6.45) is -0.759. The van der Waals surface area contributed by atoms with Crippen LogP contribution in [-0.4, -0.2) is 10.3 Å². The highest BCUT2D eigenvalue weighted by molar-refractivity contribution is 9.09. The maximum absolute atomic E-state index is 12.5. The number of nitro benzene ring substituents is 1. The Balaban J connectivity index is 3.16. The molecule has 0 amide bonds. The number of rotatable bonds is 4. The van der Waals surface area contributed by atoms with Crippen LogP contribution in [0.25, 0.3) is 6.08 Å². The van der Waals surface area contributed by atoms with E-state index in [1.54, 1.807) is 12.2 Å². The maximum atomic E-state index is 12.5. The minimum Gasteiger partial charge on any atom is -0.258 e. The lowest BCUT2D eigenvalue weighted by molar-refractivity contribution is -0.388. The molecule has 7 heteroatoms. The van der Waals surface area contributed by atoms with Gasteiger partial charge in [0, 0.05) is 11.4 Å². The number of halogens is 4. The third-order valence-corrected chi connectivity index (χ3v) is 2.57. The van der Waals surface area contributed by atoms with Crippen molar-refractivity contribution in [1.82, 2.24) is 0 Å². The number of nitrogens with zero attached hydrogens (tertiary/aromatic N) is 1. The van der Waals surface area contributed by atoms with Gasteiger partial charge >= 0.3 is 6.18 Å². The first kappa shape index (κ1) is 14.7. The van der Waals surface area contributed by atoms with Crippen molar-refractivity contribution in [2.45, 2.75) is 12.6 Å². The molecule has 1 aromatic carbocycles. The molecule has 0 atom stereocenters. The van der Waals surface area contributed by atoms with Crippen molar-refractivity contribution in [3.63, 3.8) is 0 Å². The summed E-state index contributed by atoms with van der Waals surface area (Å²) in [5, 5.41) is 11.3. The zero-order valence-corrected chi connectivity index (χ0v) is 10.7. The summed E-state index contributed by atoms with van der Waals surface area (Å²) < 4.78 is 37.6. The summed E-state index contributed by atoms with van der Waals surface area (Å²) in [7, 11) is 0. The molecule has 0 N–H and O–H groups in total. The first-order valence-electron chi connectivity index (χ1n) is 4.94. The standard InChI is InChI=1S/C11H9BrF3NO2/c12-6-2-1-3-8-4-5-9(11(13,14)15)10(7-8)16(17)18/h1,3-5,7H,2,6H2. The number of hydrogen-bond donors (Lipinski definition) is 0. The van der Waals surface area contributed by atoms with Gasteiger partial charge in [-0.05, 0) is 18.1 Å². The molecule has 0 saturated heterocycles. The quantitative estimate of drug-likeness (QED) is 0.468. The Labute approximate surface area is 110 Å². The summed E-state index contributed by atoms with van der Waals surface area (Å²) in [5.41, 5.74) is -1.79. The molecule has 0 spiro atoms. The third-order valence-electron chi connectivity index (χ3n) is 2.11. The molecule has 0 saturated carbocycles. The second-order valence-corrected chi connectivity index (χ2v) is 4.20. The molecule has 0 heterocycles. The van der Waals surface area contributed by atoms with Crippen molar-refractivity contribution < 1.29 is 18.1 Å². The minimum absolute atomic E-state index is 0.371. The van der Waals surface area contributed by atoms with E-state index in [-0.39, 0.29) is 0 Å². The van der Waals surface area contributed by atoms with Gasteiger partial charge in [0.15, 0.2) is 0 Å². The van der Waals surface area contributed by atoms with Crippen molar-refractivity contribution in [2.75, 3.05) is 5.33 Å². The monoisotopic (exact) mass is 323 g/mol. The highest BCUT2D eigenvalue weighted by Crippen LogP contribution is 2.36. The van der Waals surface area contributed by atoms with Crippen LogP contribution >= 0.6 is 15.9 Å². The van der Waals surface area contributed by atoms with Gasteiger partial charge in [-0.3, -0.25) is 10.1 Å². The van der Waals surface area contributed by atoms with Gasteiger partial charge in [0.25, 0.3) is 5.69 Å². The van der Waals surface area contributed by atoms with Crippen LogP contribution in [0.1, 0.15) is 17.5 Å². The predicted molar refractivity (Wildman–Crippen MR) is 65.5 cm³/mol. The Morgan fingerprint density at radius 1 is 1.39 bits per heavy atom. The molecule has 98 valence electrons. The Bertz CT molecular complexity index is 472. The first-order valence-corrected chi connectivity index (χ1v) is 6.06. The summed E-state index contributed by atoms with van der Waals surface area (Å²) in [5.74, 6) is 0. The fourth-order valence-corrected chi connectivity index (χ4v) is 1.59. The highest BCUT2D eigenvalue weighted by Gasteiger charge is 2.38. The predicted octanol–water partition coefficient (Wildman–Crippen LogP) is 4.41. The SMILES string of the molecule is O=[N+]([O-])c1cc(C=CCCBr)ccc1C(F)(F)F. The van der Waals surface area contributed by atoms with E-state index >= 15 is 0 Å². The van der Waals surface area contributed by atoms with Gasteiger partial charge in [-0.15, -0.1) is 0 Å². The molecule has 1 rings (SSSR count). The summed E-state index contributed by atoms with van der Waals surface area (Å²) >= 11 is 3.19. The Morgan fingerprint density at radius 3 is 2.56 bits per heavy atom. The summed E-state index contributed by atoms with van der Waals surface area (Å²) in [4.78, 5) is 9.60. The van der Waals surface area contributed by atoms with Crippen LogP contribution in [0.2, 0.25) is 0 Å². The number of nitro groups is 1. The first-order chi connectivity index (χ1) is 8.36. The van der Waals surface area contributed by atoms with Crippen molar-refractivity contribution in [3.05, 3.63) is 45.5 Å². The molecule has 18 heavy (non-hydrogen) atoms. The van der Waals surface area contributed by atoms with E-state index in [4.69, 9.17) is 0 Å². The Hall–Kier alpha value is -1.37. The van der Waals surface area contributed by atoms with E-state index in [1.165, 1.54) is 6.07 Å². The fraction of sp³-hybridized carbons (Fsp3) is 0.273. The van der Waals surface area contributed by atoms with Crippen LogP contribution in [0.5, 0.6) is 0 Å². The van der Waals surface area contributed by atoms with Crippen LogP contribution in [0.4, 0.5) is 18.9 Å². The molecule has 0 unspecified atom stereocenters. The van der Waals surface area contributed by atoms with Crippen LogP contribution in [0.3, 0.4) is 0 Å². The molecule has 0 aromatic heterocycles. The van der Waals surface area contributed by atoms with Crippen molar-refractivity contribution >= 4 is 27.7 Å². The average molecular weight is 324 g/mol. The Morgan fingerprint density at radius 2 is 2.06 bits per heavy atom. The number of benzene rings is 1. The highest BCUT2D eigenvalue weighted by atomic mass is 79.9. The lowest BCUT2D eigenvalue weighted by Gasteiger charge is -2.07. The molecular weight excluding hydrogens is 315 g/mol.